The van der Waals surface area contributed by atoms with Crippen molar-refractivity contribution in [2.75, 3.05) is 28.4 Å². The largest absolute Gasteiger partial charge is 0.368 e. The van der Waals surface area contributed by atoms with E-state index in [9.17, 15) is 4.79 Å². The minimum absolute atomic E-state index is 0.0754. The quantitative estimate of drug-likeness (QED) is 0.462. The number of nitrogens with zero attached hydrogens (tertiary/aromatic N) is 3. The maximum Gasteiger partial charge on any atom is 0.234 e. The third-order valence-corrected chi connectivity index (χ3v) is 5.56. The van der Waals surface area contributed by atoms with Gasteiger partial charge in [-0.1, -0.05) is 24.3 Å². The van der Waals surface area contributed by atoms with E-state index in [2.05, 4.69) is 25.6 Å². The molecule has 150 valence electrons. The molecule has 0 radical (unpaired) electrons. The molecule has 0 saturated heterocycles. The first kappa shape index (κ1) is 20.9. The molecule has 0 unspecified atom stereocenters. The first-order valence-electron chi connectivity index (χ1n) is 8.88. The van der Waals surface area contributed by atoms with Gasteiger partial charge >= 0.3 is 0 Å². The molecule has 0 bridgehead atoms. The molecule has 3 rings (SSSR count). The van der Waals surface area contributed by atoms with Gasteiger partial charge < -0.3 is 16.4 Å². The lowest BCUT2D eigenvalue weighted by Gasteiger charge is -2.09. The van der Waals surface area contributed by atoms with Crippen LogP contribution in [0.25, 0.3) is 0 Å². The summed E-state index contributed by atoms with van der Waals surface area (Å²) < 4.78 is 0. The van der Waals surface area contributed by atoms with Gasteiger partial charge in [0.2, 0.25) is 17.8 Å². The van der Waals surface area contributed by atoms with E-state index in [-0.39, 0.29) is 17.6 Å². The van der Waals surface area contributed by atoms with Gasteiger partial charge in [0.05, 0.1) is 11.5 Å². The number of carbonyl (C=O) groups excluding carboxylic acids is 1. The fraction of sp³-hybridized carbons (Fsp3) is 0.200. The molecule has 4 N–H and O–H groups in total. The number of nitrogen functional groups attached to an aromatic ring is 1. The number of aromatic nitrogens is 3. The first-order valence-corrected chi connectivity index (χ1v) is 11.3. The van der Waals surface area contributed by atoms with Crippen LogP contribution >= 0.6 is 23.5 Å². The standard InChI is InChI=1S/C20H22N6OS2/c1-13-6-3-4-9-16(13)23-20-25-17(24-19(21)26-20)11-29-12-18(27)22-14-7-5-8-15(10-14)28-2/h3-10H,11-12H2,1-2H3,(H,22,27)(H3,21,23,24,25,26). The molecule has 0 saturated carbocycles. The van der Waals surface area contributed by atoms with Gasteiger partial charge in [0.15, 0.2) is 0 Å². The molecule has 1 amide bonds. The van der Waals surface area contributed by atoms with Gasteiger partial charge in [-0.15, -0.1) is 23.5 Å². The fourth-order valence-corrected chi connectivity index (χ4v) is 3.66. The Morgan fingerprint density at radius 2 is 1.93 bits per heavy atom. The van der Waals surface area contributed by atoms with Crippen LogP contribution in [0.4, 0.5) is 23.3 Å². The number of nitrogens with one attached hydrogen (secondary N) is 2. The Balaban J connectivity index is 1.55. The molecule has 0 aliphatic heterocycles. The van der Waals surface area contributed by atoms with Crippen LogP contribution in [0.1, 0.15) is 11.4 Å². The van der Waals surface area contributed by atoms with Crippen LogP contribution in [0, 0.1) is 6.92 Å². The number of anilines is 4. The number of aryl methyl sites for hydroxylation is 1. The molecule has 0 fully saturated rings. The van der Waals surface area contributed by atoms with E-state index in [0.717, 1.165) is 21.8 Å². The molecule has 2 aromatic carbocycles. The summed E-state index contributed by atoms with van der Waals surface area (Å²) in [5, 5.41) is 6.06. The van der Waals surface area contributed by atoms with Crippen LogP contribution in [-0.2, 0) is 10.5 Å². The van der Waals surface area contributed by atoms with Gasteiger partial charge in [0, 0.05) is 16.3 Å². The number of amides is 1. The molecule has 0 atom stereocenters. The predicted molar refractivity (Wildman–Crippen MR) is 122 cm³/mol. The minimum Gasteiger partial charge on any atom is -0.368 e. The van der Waals surface area contributed by atoms with Crippen molar-refractivity contribution in [2.45, 2.75) is 17.6 Å². The number of carbonyl (C=O) groups is 1. The van der Waals surface area contributed by atoms with E-state index < -0.39 is 0 Å². The SMILES string of the molecule is CSc1cccc(NC(=O)CSCc2nc(N)nc(Nc3ccccc3C)n2)c1. The summed E-state index contributed by atoms with van der Waals surface area (Å²) in [7, 11) is 0. The maximum absolute atomic E-state index is 12.2. The number of rotatable bonds is 8. The van der Waals surface area contributed by atoms with Crippen LogP contribution in [0.15, 0.2) is 53.4 Å². The zero-order valence-electron chi connectivity index (χ0n) is 16.2. The zero-order valence-corrected chi connectivity index (χ0v) is 17.8. The summed E-state index contributed by atoms with van der Waals surface area (Å²) in [5.74, 6) is 1.72. The van der Waals surface area contributed by atoms with Gasteiger partial charge in [-0.25, -0.2) is 0 Å². The first-order chi connectivity index (χ1) is 14.0. The highest BCUT2D eigenvalue weighted by atomic mass is 32.2. The summed E-state index contributed by atoms with van der Waals surface area (Å²) in [6.07, 6.45) is 2.00. The average Bonchev–Trinajstić information content (AvgIpc) is 2.69. The van der Waals surface area contributed by atoms with Crippen LogP contribution < -0.4 is 16.4 Å². The lowest BCUT2D eigenvalue weighted by molar-refractivity contribution is -0.113. The maximum atomic E-state index is 12.2. The van der Waals surface area contributed by atoms with Crippen LogP contribution in [0.2, 0.25) is 0 Å². The molecule has 29 heavy (non-hydrogen) atoms. The number of hydrogen-bond acceptors (Lipinski definition) is 8. The Morgan fingerprint density at radius 1 is 1.10 bits per heavy atom. The van der Waals surface area contributed by atoms with Crippen molar-refractivity contribution in [3.8, 4) is 0 Å². The third-order valence-electron chi connectivity index (χ3n) is 3.91. The number of thioether (sulfide) groups is 2. The molecular formula is C20H22N6OS2. The molecule has 0 aliphatic carbocycles. The van der Waals surface area contributed by atoms with Gasteiger partial charge in [0.1, 0.15) is 5.82 Å². The summed E-state index contributed by atoms with van der Waals surface area (Å²) in [6.45, 7) is 2.00. The van der Waals surface area contributed by atoms with Crippen molar-refractivity contribution in [3.63, 3.8) is 0 Å². The van der Waals surface area contributed by atoms with Crippen molar-refractivity contribution in [1.82, 2.24) is 15.0 Å². The molecule has 0 spiro atoms. The summed E-state index contributed by atoms with van der Waals surface area (Å²) >= 11 is 3.05. The van der Waals surface area contributed by atoms with Crippen LogP contribution in [0.3, 0.4) is 0 Å². The number of benzene rings is 2. The Morgan fingerprint density at radius 3 is 2.72 bits per heavy atom. The molecule has 1 heterocycles. The monoisotopic (exact) mass is 426 g/mol. The molecular weight excluding hydrogens is 404 g/mol. The smallest absolute Gasteiger partial charge is 0.234 e. The number of para-hydroxylation sites is 1. The Labute approximate surface area is 178 Å². The van der Waals surface area contributed by atoms with Gasteiger partial charge in [0.25, 0.3) is 0 Å². The molecule has 0 aliphatic rings. The van der Waals surface area contributed by atoms with E-state index in [0.29, 0.717) is 17.5 Å². The molecule has 3 aromatic rings. The lowest BCUT2D eigenvalue weighted by atomic mass is 10.2. The Bertz CT molecular complexity index is 998. The van der Waals surface area contributed by atoms with E-state index in [4.69, 9.17) is 5.73 Å². The van der Waals surface area contributed by atoms with Crippen molar-refractivity contribution in [3.05, 3.63) is 59.9 Å². The summed E-state index contributed by atoms with van der Waals surface area (Å²) in [6, 6.07) is 15.6. The van der Waals surface area contributed by atoms with Crippen molar-refractivity contribution in [1.29, 1.82) is 0 Å². The van der Waals surface area contributed by atoms with Crippen molar-refractivity contribution < 1.29 is 4.79 Å². The van der Waals surface area contributed by atoms with Gasteiger partial charge in [-0.3, -0.25) is 4.79 Å². The molecule has 1 aromatic heterocycles. The minimum atomic E-state index is -0.0754. The predicted octanol–water partition coefficient (Wildman–Crippen LogP) is 4.10. The van der Waals surface area contributed by atoms with E-state index >= 15 is 0 Å². The lowest BCUT2D eigenvalue weighted by Crippen LogP contribution is -2.14. The molecule has 7 nitrogen and oxygen atoms in total. The van der Waals surface area contributed by atoms with Crippen molar-refractivity contribution in [2.24, 2.45) is 0 Å². The van der Waals surface area contributed by atoms with E-state index in [1.807, 2.05) is 61.7 Å². The second-order valence-electron chi connectivity index (χ2n) is 6.15. The van der Waals surface area contributed by atoms with Crippen molar-refractivity contribution >= 4 is 52.7 Å². The number of nitrogens with two attached hydrogens (primary N) is 1. The van der Waals surface area contributed by atoms with E-state index in [1.165, 1.54) is 11.8 Å². The Kier molecular flexibility index (Phi) is 7.31. The second-order valence-corrected chi connectivity index (χ2v) is 8.01. The van der Waals surface area contributed by atoms with Crippen LogP contribution in [-0.4, -0.2) is 32.9 Å². The molecule has 9 heteroatoms. The van der Waals surface area contributed by atoms with E-state index in [1.54, 1.807) is 11.8 Å². The normalized spacial score (nSPS) is 10.6. The second kappa shape index (κ2) is 10.1. The van der Waals surface area contributed by atoms with Gasteiger partial charge in [-0.2, -0.15) is 15.0 Å². The highest BCUT2D eigenvalue weighted by molar-refractivity contribution is 7.99. The van der Waals surface area contributed by atoms with Gasteiger partial charge in [-0.05, 0) is 43.0 Å². The fourth-order valence-electron chi connectivity index (χ4n) is 2.52. The Hall–Kier alpha value is -2.78. The average molecular weight is 427 g/mol. The summed E-state index contributed by atoms with van der Waals surface area (Å²) in [5.41, 5.74) is 8.59. The zero-order chi connectivity index (χ0) is 20.6. The van der Waals surface area contributed by atoms with Crippen LogP contribution in [0.5, 0.6) is 0 Å². The summed E-state index contributed by atoms with van der Waals surface area (Å²) in [4.78, 5) is 26.0. The number of hydrogen-bond donors (Lipinski definition) is 3. The highest BCUT2D eigenvalue weighted by Gasteiger charge is 2.09. The topological polar surface area (TPSA) is 106 Å². The third kappa shape index (κ3) is 6.37. The highest BCUT2D eigenvalue weighted by Crippen LogP contribution is 2.20.